The maximum atomic E-state index is 8.88. The lowest BCUT2D eigenvalue weighted by Gasteiger charge is -2.25. The predicted octanol–water partition coefficient (Wildman–Crippen LogP) is 5.80. The van der Waals surface area contributed by atoms with E-state index in [1.807, 2.05) is 0 Å². The van der Waals surface area contributed by atoms with E-state index in [4.69, 9.17) is 19.2 Å². The summed E-state index contributed by atoms with van der Waals surface area (Å²) in [6.45, 7) is 4.48. The Morgan fingerprint density at radius 3 is 2.28 bits per heavy atom. The standard InChI is InChI=1S/C26H33N.H3O4P/c1-5-21-11-10-13-23(19-21)26(27(3)4)16-9-8-14-24-20(2)17-18-22-12-6-7-15-25(22)24;1-5(2,3)4/h6-7,10-13,15,17-19,26H,5,8-9,14,16H2,1-4H3;(H3,1,2,3,4). The lowest BCUT2D eigenvalue weighted by Crippen LogP contribution is -2.20. The first-order valence-electron chi connectivity index (χ1n) is 11.1. The Morgan fingerprint density at radius 2 is 1.62 bits per heavy atom. The van der Waals surface area contributed by atoms with Gasteiger partial charge in [-0.15, -0.1) is 0 Å². The number of phosphoric acid groups is 1. The third-order valence-electron chi connectivity index (χ3n) is 5.80. The minimum absolute atomic E-state index is 0.505. The Morgan fingerprint density at radius 1 is 0.938 bits per heavy atom. The van der Waals surface area contributed by atoms with Crippen LogP contribution in [0.4, 0.5) is 0 Å². The van der Waals surface area contributed by atoms with Crippen molar-refractivity contribution in [1.82, 2.24) is 4.90 Å². The van der Waals surface area contributed by atoms with E-state index in [1.54, 1.807) is 0 Å². The molecule has 0 radical (unpaired) electrons. The van der Waals surface area contributed by atoms with Gasteiger partial charge in [0, 0.05) is 6.04 Å². The normalized spacial score (nSPS) is 12.5. The van der Waals surface area contributed by atoms with Crippen molar-refractivity contribution < 1.29 is 19.2 Å². The third-order valence-corrected chi connectivity index (χ3v) is 5.80. The van der Waals surface area contributed by atoms with Gasteiger partial charge < -0.3 is 19.6 Å². The second-order valence-electron chi connectivity index (χ2n) is 8.42. The molecule has 1 unspecified atom stereocenters. The van der Waals surface area contributed by atoms with Gasteiger partial charge in [-0.05, 0) is 79.7 Å². The van der Waals surface area contributed by atoms with Gasteiger partial charge in [0.2, 0.25) is 0 Å². The fourth-order valence-corrected chi connectivity index (χ4v) is 4.16. The first-order chi connectivity index (χ1) is 15.1. The van der Waals surface area contributed by atoms with E-state index < -0.39 is 7.82 Å². The van der Waals surface area contributed by atoms with Gasteiger partial charge in [0.1, 0.15) is 0 Å². The Kier molecular flexibility index (Phi) is 10.1. The third kappa shape index (κ3) is 8.50. The second-order valence-corrected chi connectivity index (χ2v) is 9.45. The molecule has 0 spiro atoms. The highest BCUT2D eigenvalue weighted by Crippen LogP contribution is 2.28. The van der Waals surface area contributed by atoms with E-state index in [0.29, 0.717) is 6.04 Å². The van der Waals surface area contributed by atoms with Crippen LogP contribution in [0.2, 0.25) is 0 Å². The molecular formula is C26H36NO4P. The first kappa shape index (κ1) is 26.2. The van der Waals surface area contributed by atoms with Crippen LogP contribution in [0.5, 0.6) is 0 Å². The van der Waals surface area contributed by atoms with Crippen molar-refractivity contribution in [1.29, 1.82) is 0 Å². The van der Waals surface area contributed by atoms with E-state index in [2.05, 4.69) is 93.5 Å². The number of hydrogen-bond donors (Lipinski definition) is 3. The molecule has 5 nitrogen and oxygen atoms in total. The highest BCUT2D eigenvalue weighted by Gasteiger charge is 2.14. The van der Waals surface area contributed by atoms with Crippen LogP contribution in [0, 0.1) is 6.92 Å². The summed E-state index contributed by atoms with van der Waals surface area (Å²) in [6.07, 6.45) is 5.98. The molecule has 0 heterocycles. The van der Waals surface area contributed by atoms with Gasteiger partial charge in [-0.1, -0.05) is 74.0 Å². The average molecular weight is 458 g/mol. The molecule has 0 aliphatic heterocycles. The van der Waals surface area contributed by atoms with Crippen LogP contribution < -0.4 is 0 Å². The molecule has 3 N–H and O–H groups in total. The predicted molar refractivity (Wildman–Crippen MR) is 133 cm³/mol. The molecule has 0 aromatic heterocycles. The van der Waals surface area contributed by atoms with Gasteiger partial charge in [-0.3, -0.25) is 0 Å². The van der Waals surface area contributed by atoms with E-state index in [9.17, 15) is 0 Å². The summed E-state index contributed by atoms with van der Waals surface area (Å²) < 4.78 is 8.88. The number of hydrogen-bond acceptors (Lipinski definition) is 2. The summed E-state index contributed by atoms with van der Waals surface area (Å²) in [5.74, 6) is 0. The number of fused-ring (bicyclic) bond motifs is 1. The van der Waals surface area contributed by atoms with E-state index in [0.717, 1.165) is 6.42 Å². The van der Waals surface area contributed by atoms with Crippen LogP contribution >= 0.6 is 7.82 Å². The van der Waals surface area contributed by atoms with E-state index in [-0.39, 0.29) is 0 Å². The molecular weight excluding hydrogens is 421 g/mol. The lowest BCUT2D eigenvalue weighted by atomic mass is 9.93. The molecule has 0 aliphatic rings. The van der Waals surface area contributed by atoms with Crippen LogP contribution in [0.1, 0.15) is 54.5 Å². The van der Waals surface area contributed by atoms with Crippen molar-refractivity contribution >= 4 is 18.6 Å². The summed E-state index contributed by atoms with van der Waals surface area (Å²) in [6, 6.07) is 22.9. The van der Waals surface area contributed by atoms with Gasteiger partial charge in [-0.25, -0.2) is 4.57 Å². The first-order valence-corrected chi connectivity index (χ1v) is 12.7. The Labute approximate surface area is 192 Å². The highest BCUT2D eigenvalue weighted by atomic mass is 31.2. The molecule has 32 heavy (non-hydrogen) atoms. The topological polar surface area (TPSA) is 81.0 Å². The molecule has 3 aromatic carbocycles. The molecule has 3 rings (SSSR count). The maximum absolute atomic E-state index is 8.88. The number of aryl methyl sites for hydroxylation is 3. The number of unbranched alkanes of at least 4 members (excludes halogenated alkanes) is 1. The van der Waals surface area contributed by atoms with E-state index in [1.165, 1.54) is 58.7 Å². The zero-order chi connectivity index (χ0) is 23.7. The summed E-state index contributed by atoms with van der Waals surface area (Å²) in [7, 11) is -0.226. The van der Waals surface area contributed by atoms with Crippen LogP contribution in [0.25, 0.3) is 10.8 Å². The van der Waals surface area contributed by atoms with Crippen molar-refractivity contribution in [2.45, 2.75) is 52.0 Å². The van der Waals surface area contributed by atoms with Gasteiger partial charge in [0.05, 0.1) is 0 Å². The summed E-state index contributed by atoms with van der Waals surface area (Å²) >= 11 is 0. The molecule has 0 bridgehead atoms. The maximum Gasteiger partial charge on any atom is 0.466 e. The van der Waals surface area contributed by atoms with Crippen LogP contribution in [-0.4, -0.2) is 33.7 Å². The van der Waals surface area contributed by atoms with Gasteiger partial charge in [-0.2, -0.15) is 0 Å². The lowest BCUT2D eigenvalue weighted by molar-refractivity contribution is 0.275. The second kappa shape index (κ2) is 12.3. The smallest absolute Gasteiger partial charge is 0.303 e. The SMILES string of the molecule is CCc1cccc(C(CCCCc2c(C)ccc3ccccc23)N(C)C)c1.O=P(O)(O)O. The molecule has 174 valence electrons. The number of nitrogens with zero attached hydrogens (tertiary/aromatic N) is 1. The minimum Gasteiger partial charge on any atom is -0.303 e. The zero-order valence-electron chi connectivity index (χ0n) is 19.5. The quantitative estimate of drug-likeness (QED) is 0.294. The fraction of sp³-hybridized carbons (Fsp3) is 0.385. The highest BCUT2D eigenvalue weighted by molar-refractivity contribution is 7.45. The summed E-state index contributed by atoms with van der Waals surface area (Å²) in [5, 5.41) is 2.79. The number of benzene rings is 3. The molecule has 6 heteroatoms. The minimum atomic E-state index is -4.64. The van der Waals surface area contributed by atoms with Crippen molar-refractivity contribution in [2.24, 2.45) is 0 Å². The average Bonchev–Trinajstić information content (AvgIpc) is 2.73. The van der Waals surface area contributed by atoms with Crippen LogP contribution in [-0.2, 0) is 17.4 Å². The molecule has 0 amide bonds. The van der Waals surface area contributed by atoms with Crippen molar-refractivity contribution in [3.05, 3.63) is 82.9 Å². The van der Waals surface area contributed by atoms with E-state index >= 15 is 0 Å². The zero-order valence-corrected chi connectivity index (χ0v) is 20.4. The Bertz CT molecular complexity index is 1040. The molecule has 0 fully saturated rings. The van der Waals surface area contributed by atoms with Crippen molar-refractivity contribution in [3.8, 4) is 0 Å². The number of rotatable bonds is 8. The monoisotopic (exact) mass is 457 g/mol. The molecule has 3 aromatic rings. The Balaban J connectivity index is 0.000000654. The molecule has 0 saturated heterocycles. The van der Waals surface area contributed by atoms with Gasteiger partial charge in [0.15, 0.2) is 0 Å². The van der Waals surface area contributed by atoms with Gasteiger partial charge in [0.25, 0.3) is 0 Å². The van der Waals surface area contributed by atoms with Crippen molar-refractivity contribution in [2.75, 3.05) is 14.1 Å². The summed E-state index contributed by atoms with van der Waals surface area (Å²) in [5.41, 5.74) is 5.85. The van der Waals surface area contributed by atoms with Crippen LogP contribution in [0.15, 0.2) is 60.7 Å². The van der Waals surface area contributed by atoms with Crippen LogP contribution in [0.3, 0.4) is 0 Å². The molecule has 1 atom stereocenters. The largest absolute Gasteiger partial charge is 0.466 e. The van der Waals surface area contributed by atoms with Gasteiger partial charge >= 0.3 is 7.82 Å². The molecule has 0 aliphatic carbocycles. The molecule has 0 saturated carbocycles. The Hall–Kier alpha value is -2.01. The fourth-order valence-electron chi connectivity index (χ4n) is 4.16. The van der Waals surface area contributed by atoms with Crippen molar-refractivity contribution in [3.63, 3.8) is 0 Å². The summed E-state index contributed by atoms with van der Waals surface area (Å²) in [4.78, 5) is 23.9.